The molecular weight excluding hydrogens is 178 g/mol. The van der Waals surface area contributed by atoms with Crippen LogP contribution in [-0.2, 0) is 0 Å². The highest BCUT2D eigenvalue weighted by molar-refractivity contribution is 5.36. The molecule has 0 aliphatic carbocycles. The molecule has 0 saturated carbocycles. The van der Waals surface area contributed by atoms with Crippen LogP contribution in [0, 0.1) is 0 Å². The van der Waals surface area contributed by atoms with Crippen molar-refractivity contribution in [2.75, 3.05) is 18.5 Å². The van der Waals surface area contributed by atoms with Crippen LogP contribution in [0.3, 0.4) is 0 Å². The van der Waals surface area contributed by atoms with Gasteiger partial charge in [0.2, 0.25) is 5.88 Å². The Bertz CT molecular complexity index is 288. The molecule has 0 radical (unpaired) electrons. The number of nitrogens with zero attached hydrogens (tertiary/aromatic N) is 2. The van der Waals surface area contributed by atoms with Crippen LogP contribution in [0.2, 0.25) is 0 Å². The van der Waals surface area contributed by atoms with E-state index in [1.807, 2.05) is 13.0 Å². The van der Waals surface area contributed by atoms with Crippen LogP contribution < -0.4 is 10.1 Å². The summed E-state index contributed by atoms with van der Waals surface area (Å²) in [5, 5.41) is 3.09. The highest BCUT2D eigenvalue weighted by Crippen LogP contribution is 2.10. The quantitative estimate of drug-likeness (QED) is 0.553. The van der Waals surface area contributed by atoms with Crippen LogP contribution >= 0.6 is 0 Å². The van der Waals surface area contributed by atoms with Crippen LogP contribution in [0.5, 0.6) is 5.88 Å². The average Bonchev–Trinajstić information content (AvgIpc) is 2.19. The summed E-state index contributed by atoms with van der Waals surface area (Å²) in [5.74, 6) is 1.38. The molecule has 0 aliphatic heterocycles. The third kappa shape index (κ3) is 3.43. The van der Waals surface area contributed by atoms with E-state index < -0.39 is 0 Å². The molecule has 0 fully saturated rings. The topological polar surface area (TPSA) is 47.0 Å². The van der Waals surface area contributed by atoms with E-state index in [0.29, 0.717) is 12.5 Å². The van der Waals surface area contributed by atoms with Crippen molar-refractivity contribution >= 4 is 5.82 Å². The molecule has 76 valence electrons. The molecule has 14 heavy (non-hydrogen) atoms. The van der Waals surface area contributed by atoms with Crippen molar-refractivity contribution in [1.82, 2.24) is 9.97 Å². The zero-order valence-electron chi connectivity index (χ0n) is 8.36. The maximum atomic E-state index is 5.37. The van der Waals surface area contributed by atoms with Gasteiger partial charge in [0.25, 0.3) is 0 Å². The first-order valence-corrected chi connectivity index (χ1v) is 4.66. The molecule has 0 amide bonds. The number of anilines is 1. The van der Waals surface area contributed by atoms with Crippen LogP contribution in [0.25, 0.3) is 0 Å². The van der Waals surface area contributed by atoms with E-state index in [1.165, 1.54) is 6.33 Å². The first-order chi connectivity index (χ1) is 6.86. The third-order valence-electron chi connectivity index (χ3n) is 1.57. The number of nitrogens with one attached hydrogen (secondary N) is 1. The van der Waals surface area contributed by atoms with E-state index in [1.54, 1.807) is 6.07 Å². The van der Waals surface area contributed by atoms with Gasteiger partial charge >= 0.3 is 0 Å². The minimum Gasteiger partial charge on any atom is -0.477 e. The molecule has 1 N–H and O–H groups in total. The van der Waals surface area contributed by atoms with Gasteiger partial charge in [0.15, 0.2) is 0 Å². The Morgan fingerprint density at radius 2 is 2.43 bits per heavy atom. The lowest BCUT2D eigenvalue weighted by Gasteiger charge is -2.05. The minimum absolute atomic E-state index is 0.595. The molecule has 1 aromatic rings. The number of ether oxygens (including phenoxy) is 1. The minimum atomic E-state index is 0.595. The van der Waals surface area contributed by atoms with Gasteiger partial charge < -0.3 is 10.1 Å². The van der Waals surface area contributed by atoms with Gasteiger partial charge in [0, 0.05) is 12.6 Å². The lowest BCUT2D eigenvalue weighted by Crippen LogP contribution is -2.02. The summed E-state index contributed by atoms with van der Waals surface area (Å²) in [6, 6.07) is 1.78. The third-order valence-corrected chi connectivity index (χ3v) is 1.57. The van der Waals surface area contributed by atoms with Crippen molar-refractivity contribution in [2.24, 2.45) is 0 Å². The Labute approximate surface area is 84.0 Å². The second-order valence-corrected chi connectivity index (χ2v) is 2.70. The maximum absolute atomic E-state index is 5.37. The van der Waals surface area contributed by atoms with Crippen molar-refractivity contribution < 1.29 is 4.74 Å². The van der Waals surface area contributed by atoms with Gasteiger partial charge in [-0.2, -0.15) is 0 Å². The highest BCUT2D eigenvalue weighted by Gasteiger charge is 1.97. The summed E-state index contributed by atoms with van der Waals surface area (Å²) in [6.45, 7) is 7.07. The second kappa shape index (κ2) is 5.96. The van der Waals surface area contributed by atoms with Crippen LogP contribution in [0.15, 0.2) is 25.0 Å². The van der Waals surface area contributed by atoms with Crippen molar-refractivity contribution in [3.63, 3.8) is 0 Å². The lowest BCUT2D eigenvalue weighted by atomic mass is 10.4. The highest BCUT2D eigenvalue weighted by atomic mass is 16.5. The van der Waals surface area contributed by atoms with E-state index >= 15 is 0 Å². The van der Waals surface area contributed by atoms with Gasteiger partial charge in [-0.15, -0.1) is 6.58 Å². The molecule has 0 spiro atoms. The smallest absolute Gasteiger partial charge is 0.218 e. The van der Waals surface area contributed by atoms with E-state index in [2.05, 4.69) is 21.9 Å². The fraction of sp³-hybridized carbons (Fsp3) is 0.400. The van der Waals surface area contributed by atoms with E-state index in [9.17, 15) is 0 Å². The summed E-state index contributed by atoms with van der Waals surface area (Å²) in [7, 11) is 0. The van der Waals surface area contributed by atoms with E-state index in [-0.39, 0.29) is 0 Å². The van der Waals surface area contributed by atoms with Crippen molar-refractivity contribution in [2.45, 2.75) is 13.3 Å². The van der Waals surface area contributed by atoms with Gasteiger partial charge in [-0.25, -0.2) is 9.97 Å². The zero-order valence-corrected chi connectivity index (χ0v) is 8.36. The van der Waals surface area contributed by atoms with E-state index in [4.69, 9.17) is 4.74 Å². The summed E-state index contributed by atoms with van der Waals surface area (Å²) in [4.78, 5) is 8.02. The number of rotatable bonds is 6. The molecule has 0 bridgehead atoms. The van der Waals surface area contributed by atoms with Crippen molar-refractivity contribution in [3.05, 3.63) is 25.0 Å². The summed E-state index contributed by atoms with van der Waals surface area (Å²) < 4.78 is 5.37. The molecule has 4 nitrogen and oxygen atoms in total. The van der Waals surface area contributed by atoms with Gasteiger partial charge in [0.1, 0.15) is 12.1 Å². The number of hydrogen-bond donors (Lipinski definition) is 1. The molecular formula is C10H15N3O. The monoisotopic (exact) mass is 193 g/mol. The first kappa shape index (κ1) is 10.5. The average molecular weight is 193 g/mol. The van der Waals surface area contributed by atoms with Crippen molar-refractivity contribution in [1.29, 1.82) is 0 Å². The lowest BCUT2D eigenvalue weighted by molar-refractivity contribution is 0.312. The predicted molar refractivity (Wildman–Crippen MR) is 56.5 cm³/mol. The molecule has 0 aromatic carbocycles. The SMILES string of the molecule is C=CCCOc1cc(NCC)ncn1. The molecule has 1 rings (SSSR count). The largest absolute Gasteiger partial charge is 0.477 e. The molecule has 1 heterocycles. The van der Waals surface area contributed by atoms with Gasteiger partial charge in [-0.3, -0.25) is 0 Å². The summed E-state index contributed by atoms with van der Waals surface area (Å²) in [5.41, 5.74) is 0. The molecule has 0 atom stereocenters. The molecule has 0 aliphatic rings. The normalized spacial score (nSPS) is 9.50. The Balaban J connectivity index is 2.50. The standard InChI is InChI=1S/C10H15N3O/c1-3-5-6-14-10-7-9(11-4-2)12-8-13-10/h3,7-8H,1,4-6H2,2H3,(H,11,12,13). The number of hydrogen-bond acceptors (Lipinski definition) is 4. The van der Waals surface area contributed by atoms with Crippen molar-refractivity contribution in [3.8, 4) is 5.88 Å². The Hall–Kier alpha value is -1.58. The maximum Gasteiger partial charge on any atom is 0.218 e. The molecule has 1 aromatic heterocycles. The molecule has 0 unspecified atom stereocenters. The predicted octanol–water partition coefficient (Wildman–Crippen LogP) is 1.86. The summed E-state index contributed by atoms with van der Waals surface area (Å²) >= 11 is 0. The number of aromatic nitrogens is 2. The first-order valence-electron chi connectivity index (χ1n) is 4.66. The fourth-order valence-electron chi connectivity index (χ4n) is 0.943. The van der Waals surface area contributed by atoms with Gasteiger partial charge in [-0.05, 0) is 13.3 Å². The van der Waals surface area contributed by atoms with Gasteiger partial charge in [0.05, 0.1) is 6.61 Å². The van der Waals surface area contributed by atoms with Gasteiger partial charge in [-0.1, -0.05) is 6.08 Å². The Morgan fingerprint density at radius 1 is 1.57 bits per heavy atom. The Morgan fingerprint density at radius 3 is 3.14 bits per heavy atom. The van der Waals surface area contributed by atoms with E-state index in [0.717, 1.165) is 18.8 Å². The molecule has 0 saturated heterocycles. The second-order valence-electron chi connectivity index (χ2n) is 2.70. The summed E-state index contributed by atoms with van der Waals surface area (Å²) in [6.07, 6.45) is 4.12. The van der Waals surface area contributed by atoms with Crippen LogP contribution in [-0.4, -0.2) is 23.1 Å². The fourth-order valence-corrected chi connectivity index (χ4v) is 0.943. The van der Waals surface area contributed by atoms with Crippen LogP contribution in [0.4, 0.5) is 5.82 Å². The zero-order chi connectivity index (χ0) is 10.2. The Kier molecular flexibility index (Phi) is 4.47. The molecule has 4 heteroatoms. The van der Waals surface area contributed by atoms with Crippen LogP contribution in [0.1, 0.15) is 13.3 Å².